The van der Waals surface area contributed by atoms with E-state index in [9.17, 15) is 9.59 Å². The van der Waals surface area contributed by atoms with Gasteiger partial charge in [0.1, 0.15) is 0 Å². The van der Waals surface area contributed by atoms with E-state index in [1.165, 1.54) is 13.2 Å². The van der Waals surface area contributed by atoms with E-state index in [0.717, 1.165) is 11.3 Å². The summed E-state index contributed by atoms with van der Waals surface area (Å²) in [6.45, 7) is 0.599. The summed E-state index contributed by atoms with van der Waals surface area (Å²) in [6, 6.07) is 2.80. The van der Waals surface area contributed by atoms with E-state index >= 15 is 0 Å². The first kappa shape index (κ1) is 23.7. The van der Waals surface area contributed by atoms with Gasteiger partial charge in [-0.25, -0.2) is 4.79 Å². The Hall–Kier alpha value is -2.93. The van der Waals surface area contributed by atoms with Gasteiger partial charge in [0.15, 0.2) is 10.8 Å². The minimum absolute atomic E-state index is 0.0738. The van der Waals surface area contributed by atoms with Gasteiger partial charge in [-0.15, -0.1) is 10.2 Å². The van der Waals surface area contributed by atoms with Gasteiger partial charge in [0.2, 0.25) is 10.9 Å². The third-order valence-electron chi connectivity index (χ3n) is 4.30. The van der Waals surface area contributed by atoms with Gasteiger partial charge in [-0.2, -0.15) is 0 Å². The first-order valence-electron chi connectivity index (χ1n) is 9.30. The maximum absolute atomic E-state index is 12.7. The highest BCUT2D eigenvalue weighted by molar-refractivity contribution is 7.18. The minimum atomic E-state index is -0.815. The number of nitrogens with one attached hydrogen (secondary N) is 2. The molecule has 0 aliphatic heterocycles. The fourth-order valence-electron chi connectivity index (χ4n) is 2.93. The molecule has 0 fully saturated rings. The standard InChI is InChI=1S/C19H22ClN5O6S/c1-25-6-5-11(20)14(25)17-23-24-19(32-17)22-16(26)13-7-12(15(30-4)18(27)31-13)21-10(8-28-2)9-29-3/h5-7,10,21H,8-9H2,1-4H3,(H,22,24,26). The number of methoxy groups -OCH3 is 3. The molecule has 0 aromatic carbocycles. The molecule has 1 amide bonds. The first-order valence-corrected chi connectivity index (χ1v) is 10.5. The fraction of sp³-hybridized carbons (Fsp3) is 0.368. The summed E-state index contributed by atoms with van der Waals surface area (Å²) in [7, 11) is 6.23. The number of carbonyl (C=O) groups is 1. The van der Waals surface area contributed by atoms with Gasteiger partial charge in [0, 0.05) is 33.5 Å². The molecular formula is C19H22ClN5O6S. The Balaban J connectivity index is 1.84. The van der Waals surface area contributed by atoms with Crippen molar-refractivity contribution < 1.29 is 23.4 Å². The Kier molecular flexibility index (Phi) is 7.85. The lowest BCUT2D eigenvalue weighted by molar-refractivity contribution is 0.0991. The van der Waals surface area contributed by atoms with Crippen LogP contribution in [0.1, 0.15) is 10.6 Å². The molecule has 0 bridgehead atoms. The number of anilines is 2. The summed E-state index contributed by atoms with van der Waals surface area (Å²) >= 11 is 7.31. The summed E-state index contributed by atoms with van der Waals surface area (Å²) in [4.78, 5) is 25.1. The number of rotatable bonds is 10. The predicted molar refractivity (Wildman–Crippen MR) is 120 cm³/mol. The SMILES string of the molecule is COCC(COC)Nc1cc(C(=O)Nc2nnc(-c3c(Cl)ccn3C)s2)oc(=O)c1OC. The molecule has 0 saturated carbocycles. The van der Waals surface area contributed by atoms with E-state index in [1.54, 1.807) is 31.0 Å². The Morgan fingerprint density at radius 2 is 2.00 bits per heavy atom. The van der Waals surface area contributed by atoms with Crippen molar-refractivity contribution in [3.8, 4) is 16.5 Å². The zero-order chi connectivity index (χ0) is 23.3. The number of halogens is 1. The highest BCUT2D eigenvalue weighted by Gasteiger charge is 2.21. The van der Waals surface area contributed by atoms with Gasteiger partial charge in [-0.1, -0.05) is 22.9 Å². The number of carbonyl (C=O) groups excluding carboxylic acids is 1. The molecule has 13 heteroatoms. The quantitative estimate of drug-likeness (QED) is 0.446. The van der Waals surface area contributed by atoms with Crippen LogP contribution in [0.25, 0.3) is 10.7 Å². The lowest BCUT2D eigenvalue weighted by Gasteiger charge is -2.19. The molecule has 11 nitrogen and oxygen atoms in total. The van der Waals surface area contributed by atoms with Crippen LogP contribution in [0.4, 0.5) is 10.8 Å². The fourth-order valence-corrected chi connectivity index (χ4v) is 4.10. The molecule has 0 aliphatic carbocycles. The molecule has 0 spiro atoms. The number of hydrogen-bond donors (Lipinski definition) is 2. The lowest BCUT2D eigenvalue weighted by Crippen LogP contribution is -2.30. The maximum atomic E-state index is 12.7. The van der Waals surface area contributed by atoms with E-state index in [0.29, 0.717) is 28.9 Å². The molecule has 0 atom stereocenters. The lowest BCUT2D eigenvalue weighted by atomic mass is 10.2. The molecular weight excluding hydrogens is 462 g/mol. The van der Waals surface area contributed by atoms with Crippen LogP contribution in [-0.2, 0) is 16.5 Å². The minimum Gasteiger partial charge on any atom is -0.488 e. The molecule has 32 heavy (non-hydrogen) atoms. The van der Waals surface area contributed by atoms with Crippen molar-refractivity contribution in [3.05, 3.63) is 39.5 Å². The molecule has 0 radical (unpaired) electrons. The number of ether oxygens (including phenoxy) is 3. The van der Waals surface area contributed by atoms with Crippen LogP contribution in [-0.4, -0.2) is 61.3 Å². The van der Waals surface area contributed by atoms with Gasteiger partial charge < -0.3 is 28.5 Å². The second-order valence-corrected chi connectivity index (χ2v) is 7.97. The van der Waals surface area contributed by atoms with Gasteiger partial charge >= 0.3 is 5.63 Å². The molecule has 172 valence electrons. The average Bonchev–Trinajstić information content (AvgIpc) is 3.33. The Morgan fingerprint density at radius 3 is 2.59 bits per heavy atom. The second kappa shape index (κ2) is 10.6. The summed E-state index contributed by atoms with van der Waals surface area (Å²) < 4.78 is 22.4. The summed E-state index contributed by atoms with van der Waals surface area (Å²) in [5, 5.41) is 14.9. The van der Waals surface area contributed by atoms with Crippen LogP contribution >= 0.6 is 22.9 Å². The van der Waals surface area contributed by atoms with Crippen LogP contribution in [0.2, 0.25) is 5.02 Å². The largest absolute Gasteiger partial charge is 0.488 e. The van der Waals surface area contributed by atoms with Crippen molar-refractivity contribution in [1.29, 1.82) is 0 Å². The van der Waals surface area contributed by atoms with Gasteiger partial charge in [-0.05, 0) is 6.07 Å². The van der Waals surface area contributed by atoms with E-state index in [1.807, 2.05) is 7.05 Å². The van der Waals surface area contributed by atoms with E-state index in [4.69, 9.17) is 30.2 Å². The molecule has 0 saturated heterocycles. The molecule has 3 aromatic rings. The molecule has 3 rings (SSSR count). The zero-order valence-corrected chi connectivity index (χ0v) is 19.4. The van der Waals surface area contributed by atoms with E-state index in [-0.39, 0.29) is 28.4 Å². The highest BCUT2D eigenvalue weighted by atomic mass is 35.5. The maximum Gasteiger partial charge on any atom is 0.381 e. The van der Waals surface area contributed by atoms with Crippen molar-refractivity contribution in [1.82, 2.24) is 14.8 Å². The number of nitrogens with zero attached hydrogens (tertiary/aromatic N) is 3. The van der Waals surface area contributed by atoms with Gasteiger partial charge in [0.25, 0.3) is 5.91 Å². The van der Waals surface area contributed by atoms with Crippen molar-refractivity contribution in [2.24, 2.45) is 7.05 Å². The number of hydrogen-bond acceptors (Lipinski definition) is 10. The van der Waals surface area contributed by atoms with Gasteiger partial charge in [0.05, 0.1) is 42.8 Å². The number of aryl methyl sites for hydroxylation is 1. The number of amides is 1. The number of aromatic nitrogens is 3. The Bertz CT molecular complexity index is 1120. The second-order valence-electron chi connectivity index (χ2n) is 6.59. The Labute approximate surface area is 192 Å². The van der Waals surface area contributed by atoms with Crippen molar-refractivity contribution in [2.75, 3.05) is 45.2 Å². The summed E-state index contributed by atoms with van der Waals surface area (Å²) in [6.07, 6.45) is 1.79. The molecule has 2 N–H and O–H groups in total. The molecule has 3 heterocycles. The molecule has 3 aromatic heterocycles. The predicted octanol–water partition coefficient (Wildman–Crippen LogP) is 2.48. The monoisotopic (exact) mass is 483 g/mol. The smallest absolute Gasteiger partial charge is 0.381 e. The highest BCUT2D eigenvalue weighted by Crippen LogP contribution is 2.32. The van der Waals surface area contributed by atoms with Crippen LogP contribution in [0.15, 0.2) is 27.5 Å². The topological polar surface area (TPSA) is 130 Å². The van der Waals surface area contributed by atoms with Crippen molar-refractivity contribution >= 4 is 39.7 Å². The van der Waals surface area contributed by atoms with Crippen LogP contribution in [0.5, 0.6) is 5.75 Å². The van der Waals surface area contributed by atoms with Crippen molar-refractivity contribution in [3.63, 3.8) is 0 Å². The molecule has 0 unspecified atom stereocenters. The third-order valence-corrected chi connectivity index (χ3v) is 5.45. The summed E-state index contributed by atoms with van der Waals surface area (Å²) in [5.41, 5.74) is 0.126. The normalized spacial score (nSPS) is 11.1. The zero-order valence-electron chi connectivity index (χ0n) is 17.8. The average molecular weight is 484 g/mol. The Morgan fingerprint density at radius 1 is 1.28 bits per heavy atom. The van der Waals surface area contributed by atoms with E-state index in [2.05, 4.69) is 20.8 Å². The van der Waals surface area contributed by atoms with Crippen LogP contribution in [0, 0.1) is 0 Å². The third kappa shape index (κ3) is 5.27. The first-order chi connectivity index (χ1) is 15.4. The van der Waals surface area contributed by atoms with E-state index < -0.39 is 11.5 Å². The van der Waals surface area contributed by atoms with Crippen molar-refractivity contribution in [2.45, 2.75) is 6.04 Å². The van der Waals surface area contributed by atoms with Crippen LogP contribution in [0.3, 0.4) is 0 Å². The summed E-state index contributed by atoms with van der Waals surface area (Å²) in [5.74, 6) is -0.987. The van der Waals surface area contributed by atoms with Crippen LogP contribution < -0.4 is 21.0 Å². The van der Waals surface area contributed by atoms with Gasteiger partial charge in [-0.3, -0.25) is 10.1 Å². The molecule has 0 aliphatic rings.